The Labute approximate surface area is 263 Å². The molecule has 2 aliphatic heterocycles. The highest BCUT2D eigenvalue weighted by Crippen LogP contribution is 2.20. The van der Waals surface area contributed by atoms with E-state index in [0.29, 0.717) is 43.0 Å². The van der Waals surface area contributed by atoms with Crippen molar-refractivity contribution < 1.29 is 28.6 Å². The van der Waals surface area contributed by atoms with Gasteiger partial charge in [-0.3, -0.25) is 9.59 Å². The zero-order chi connectivity index (χ0) is 33.0. The summed E-state index contributed by atoms with van der Waals surface area (Å²) in [5.74, 6) is 0.124. The molecule has 0 spiro atoms. The Kier molecular flexibility index (Phi) is 12.4. The predicted octanol–water partition coefficient (Wildman–Crippen LogP) is 2.53. The average molecular weight is 621 g/mol. The number of nitrogens with one attached hydrogen (secondary N) is 3. The van der Waals surface area contributed by atoms with Gasteiger partial charge < -0.3 is 35.1 Å². The van der Waals surface area contributed by atoms with Crippen molar-refractivity contribution in [3.63, 3.8) is 0 Å². The second-order valence-electron chi connectivity index (χ2n) is 11.5. The largest absolute Gasteiger partial charge is 0.495 e. The van der Waals surface area contributed by atoms with Crippen molar-refractivity contribution >= 4 is 17.9 Å². The third-order valence-corrected chi connectivity index (χ3v) is 7.03. The predicted molar refractivity (Wildman–Crippen MR) is 163 cm³/mol. The summed E-state index contributed by atoms with van der Waals surface area (Å²) in [5.41, 5.74) is 0.531. The van der Waals surface area contributed by atoms with Crippen LogP contribution in [0.25, 0.3) is 0 Å². The zero-order valence-electron chi connectivity index (χ0n) is 26.3. The van der Waals surface area contributed by atoms with E-state index >= 15 is 0 Å². The monoisotopic (exact) mass is 620 g/mol. The minimum absolute atomic E-state index is 0.0513. The quantitative estimate of drug-likeness (QED) is 0.430. The molecule has 4 heterocycles. The second-order valence-corrected chi connectivity index (χ2v) is 11.5. The van der Waals surface area contributed by atoms with Crippen molar-refractivity contribution in [2.45, 2.75) is 64.1 Å². The van der Waals surface area contributed by atoms with Crippen LogP contribution >= 0.6 is 0 Å². The van der Waals surface area contributed by atoms with E-state index < -0.39 is 5.60 Å². The van der Waals surface area contributed by atoms with Crippen molar-refractivity contribution in [1.82, 2.24) is 30.8 Å². The molecule has 0 aliphatic carbocycles. The van der Waals surface area contributed by atoms with Crippen LogP contribution in [-0.2, 0) is 4.74 Å². The minimum atomic E-state index is -0.525. The average Bonchev–Trinajstić information content (AvgIpc) is 3.04. The number of methoxy groups -OCH3 is 2. The summed E-state index contributed by atoms with van der Waals surface area (Å²) >= 11 is 0. The molecular formula is C31H40N8O6. The Morgan fingerprint density at radius 3 is 1.69 bits per heavy atom. The highest BCUT2D eigenvalue weighted by Gasteiger charge is 2.28. The second kappa shape index (κ2) is 16.2. The molecule has 45 heavy (non-hydrogen) atoms. The fraction of sp³-hybridized carbons (Fsp3) is 0.516. The van der Waals surface area contributed by atoms with Gasteiger partial charge in [-0.2, -0.15) is 10.5 Å². The van der Waals surface area contributed by atoms with E-state index in [2.05, 4.69) is 25.9 Å². The lowest BCUT2D eigenvalue weighted by Crippen LogP contribution is -2.47. The van der Waals surface area contributed by atoms with Gasteiger partial charge in [0.2, 0.25) is 0 Å². The summed E-state index contributed by atoms with van der Waals surface area (Å²) in [7, 11) is 2.90. The number of piperidine rings is 2. The van der Waals surface area contributed by atoms with Crippen LogP contribution in [-0.4, -0.2) is 90.9 Å². The van der Waals surface area contributed by atoms with Crippen LogP contribution in [0, 0.1) is 22.7 Å². The molecule has 2 aromatic heterocycles. The van der Waals surface area contributed by atoms with Gasteiger partial charge in [-0.05, 0) is 59.5 Å². The molecule has 2 aliphatic rings. The molecule has 3 amide bonds. The molecule has 4 rings (SSSR count). The van der Waals surface area contributed by atoms with E-state index in [1.54, 1.807) is 4.90 Å². The molecule has 0 unspecified atom stereocenters. The number of hydrogen-bond donors (Lipinski definition) is 3. The Balaban J connectivity index is 0.000000257. The Morgan fingerprint density at radius 1 is 0.844 bits per heavy atom. The number of ether oxygens (including phenoxy) is 3. The molecule has 2 aromatic rings. The summed E-state index contributed by atoms with van der Waals surface area (Å²) in [6, 6.07) is 6.99. The first kappa shape index (κ1) is 34.5. The molecule has 0 bridgehead atoms. The van der Waals surface area contributed by atoms with Crippen molar-refractivity contribution in [2.24, 2.45) is 0 Å². The van der Waals surface area contributed by atoms with Gasteiger partial charge >= 0.3 is 6.09 Å². The van der Waals surface area contributed by atoms with E-state index in [-0.39, 0.29) is 46.9 Å². The van der Waals surface area contributed by atoms with Crippen molar-refractivity contribution in [2.75, 3.05) is 40.4 Å². The molecule has 14 heteroatoms. The van der Waals surface area contributed by atoms with Gasteiger partial charge in [0.15, 0.2) is 0 Å². The molecule has 3 N–H and O–H groups in total. The zero-order valence-corrected chi connectivity index (χ0v) is 26.3. The molecule has 2 saturated heterocycles. The highest BCUT2D eigenvalue weighted by molar-refractivity contribution is 5.93. The lowest BCUT2D eigenvalue weighted by Gasteiger charge is -2.33. The number of aromatic nitrogens is 2. The highest BCUT2D eigenvalue weighted by atomic mass is 16.6. The molecule has 0 aromatic carbocycles. The number of pyridine rings is 2. The third kappa shape index (κ3) is 10.3. The van der Waals surface area contributed by atoms with Crippen LogP contribution in [0.4, 0.5) is 4.79 Å². The number of amides is 3. The van der Waals surface area contributed by atoms with Crippen LogP contribution in [0.5, 0.6) is 11.5 Å². The Morgan fingerprint density at radius 2 is 1.29 bits per heavy atom. The topological polar surface area (TPSA) is 192 Å². The van der Waals surface area contributed by atoms with Crippen molar-refractivity contribution in [3.05, 3.63) is 47.0 Å². The molecule has 0 saturated carbocycles. The minimum Gasteiger partial charge on any atom is -0.495 e. The molecule has 0 atom stereocenters. The molecule has 0 radical (unpaired) electrons. The Hall–Kier alpha value is -4.95. The van der Waals surface area contributed by atoms with E-state index in [9.17, 15) is 14.4 Å². The van der Waals surface area contributed by atoms with Crippen LogP contribution in [0.15, 0.2) is 24.5 Å². The number of nitriles is 2. The van der Waals surface area contributed by atoms with Gasteiger partial charge in [-0.25, -0.2) is 14.8 Å². The van der Waals surface area contributed by atoms with Gasteiger partial charge in [0.05, 0.1) is 14.2 Å². The summed E-state index contributed by atoms with van der Waals surface area (Å²) in [6.45, 7) is 8.35. The maximum absolute atomic E-state index is 12.4. The van der Waals surface area contributed by atoms with Gasteiger partial charge in [0.1, 0.15) is 51.8 Å². The van der Waals surface area contributed by atoms with Gasteiger partial charge in [0, 0.05) is 49.7 Å². The van der Waals surface area contributed by atoms with E-state index in [4.69, 9.17) is 24.7 Å². The number of carbonyl (C=O) groups is 3. The van der Waals surface area contributed by atoms with E-state index in [1.165, 1.54) is 38.7 Å². The lowest BCUT2D eigenvalue weighted by molar-refractivity contribution is 0.0199. The van der Waals surface area contributed by atoms with Crippen molar-refractivity contribution in [3.8, 4) is 23.6 Å². The summed E-state index contributed by atoms with van der Waals surface area (Å²) in [4.78, 5) is 46.1. The first-order valence-electron chi connectivity index (χ1n) is 14.7. The van der Waals surface area contributed by atoms with Crippen LogP contribution in [0.3, 0.4) is 0 Å². The first-order chi connectivity index (χ1) is 21.5. The smallest absolute Gasteiger partial charge is 0.410 e. The number of hydrogen-bond acceptors (Lipinski definition) is 11. The molecule has 14 nitrogen and oxygen atoms in total. The third-order valence-electron chi connectivity index (χ3n) is 7.03. The standard InChI is InChI=1S/C18H24N4O4.C13H16N4O2/c1-18(2,3)26-17(24)22-7-5-13(6-8-22)21-16(23)14-9-15(25-4)12(10-19)11-20-14;1-19-12-6-11(16-8-9(12)7-14)13(18)17-10-2-4-15-5-3-10/h9,11,13H,5-8H2,1-4H3,(H,21,23);6,8,10,15H,2-5H2,1H3,(H,17,18). The first-order valence-corrected chi connectivity index (χ1v) is 14.7. The van der Waals surface area contributed by atoms with E-state index in [0.717, 1.165) is 25.9 Å². The van der Waals surface area contributed by atoms with Crippen molar-refractivity contribution in [1.29, 1.82) is 10.5 Å². The van der Waals surface area contributed by atoms with Crippen LogP contribution in [0.2, 0.25) is 0 Å². The summed E-state index contributed by atoms with van der Waals surface area (Å²) in [5, 5.41) is 26.9. The number of carbonyl (C=O) groups excluding carboxylic acids is 3. The normalized spacial score (nSPS) is 15.3. The lowest BCUT2D eigenvalue weighted by atomic mass is 10.1. The Bertz CT molecular complexity index is 1430. The molecule has 2 fully saturated rings. The fourth-order valence-electron chi connectivity index (χ4n) is 4.65. The summed E-state index contributed by atoms with van der Waals surface area (Å²) in [6.07, 6.45) is 5.45. The van der Waals surface area contributed by atoms with Crippen LogP contribution < -0.4 is 25.4 Å². The maximum Gasteiger partial charge on any atom is 0.410 e. The van der Waals surface area contributed by atoms with E-state index in [1.807, 2.05) is 32.9 Å². The fourth-order valence-corrected chi connectivity index (χ4v) is 4.65. The summed E-state index contributed by atoms with van der Waals surface area (Å²) < 4.78 is 15.5. The molecule has 240 valence electrons. The number of likely N-dealkylation sites (tertiary alicyclic amines) is 1. The SMILES string of the molecule is COc1cc(C(=O)NC2CCN(C(=O)OC(C)(C)C)CC2)ncc1C#N.COc1cc(C(=O)NC2CCNCC2)ncc1C#N. The van der Waals surface area contributed by atoms with Gasteiger partial charge in [-0.15, -0.1) is 0 Å². The number of nitrogens with zero attached hydrogens (tertiary/aromatic N) is 5. The maximum atomic E-state index is 12.4. The van der Waals surface area contributed by atoms with Gasteiger partial charge in [0.25, 0.3) is 11.8 Å². The van der Waals surface area contributed by atoms with Gasteiger partial charge in [-0.1, -0.05) is 0 Å². The number of rotatable bonds is 6. The molecular weight excluding hydrogens is 580 g/mol. The van der Waals surface area contributed by atoms with Crippen LogP contribution in [0.1, 0.15) is 78.6 Å².